The predicted molar refractivity (Wildman–Crippen MR) is 73.7 cm³/mol. The van der Waals surface area contributed by atoms with Crippen molar-refractivity contribution in [3.8, 4) is 5.88 Å². The number of alkyl halides is 3. The van der Waals surface area contributed by atoms with Crippen LogP contribution in [0, 0.1) is 5.41 Å². The SMILES string of the molecule is CC1(C)CCC(Oc2cc(C(F)(F)F)cc(NN)n2)CC1. The summed E-state index contributed by atoms with van der Waals surface area (Å²) < 4.78 is 44.1. The number of halogens is 3. The Morgan fingerprint density at radius 2 is 1.90 bits per heavy atom. The van der Waals surface area contributed by atoms with E-state index < -0.39 is 11.7 Å². The van der Waals surface area contributed by atoms with Gasteiger partial charge in [-0.25, -0.2) is 5.84 Å². The lowest BCUT2D eigenvalue weighted by molar-refractivity contribution is -0.137. The van der Waals surface area contributed by atoms with E-state index in [2.05, 4.69) is 24.3 Å². The predicted octanol–water partition coefficient (Wildman–Crippen LogP) is 3.73. The molecular formula is C14H20F3N3O. The second kappa shape index (κ2) is 5.71. The third kappa shape index (κ3) is 4.23. The number of nitrogens with zero attached hydrogens (tertiary/aromatic N) is 1. The van der Waals surface area contributed by atoms with Crippen LogP contribution in [0.1, 0.15) is 45.1 Å². The maximum atomic E-state index is 12.8. The fraction of sp³-hybridized carbons (Fsp3) is 0.643. The van der Waals surface area contributed by atoms with E-state index in [0.29, 0.717) is 0 Å². The van der Waals surface area contributed by atoms with Crippen LogP contribution in [0.4, 0.5) is 19.0 Å². The van der Waals surface area contributed by atoms with E-state index in [1.54, 1.807) is 0 Å². The lowest BCUT2D eigenvalue weighted by Gasteiger charge is -2.34. The minimum atomic E-state index is -4.46. The Morgan fingerprint density at radius 1 is 1.29 bits per heavy atom. The summed E-state index contributed by atoms with van der Waals surface area (Å²) in [5.41, 5.74) is 1.59. The van der Waals surface area contributed by atoms with E-state index in [9.17, 15) is 13.2 Å². The third-order valence-corrected chi connectivity index (χ3v) is 3.85. The highest BCUT2D eigenvalue weighted by Crippen LogP contribution is 2.37. The summed E-state index contributed by atoms with van der Waals surface area (Å²) in [6.45, 7) is 4.37. The maximum Gasteiger partial charge on any atom is 0.416 e. The van der Waals surface area contributed by atoms with Gasteiger partial charge in [-0.15, -0.1) is 0 Å². The van der Waals surface area contributed by atoms with Crippen molar-refractivity contribution in [3.63, 3.8) is 0 Å². The molecule has 0 amide bonds. The molecule has 1 aromatic rings. The molecule has 1 heterocycles. The van der Waals surface area contributed by atoms with Gasteiger partial charge in [0.15, 0.2) is 0 Å². The van der Waals surface area contributed by atoms with Crippen LogP contribution in [0.3, 0.4) is 0 Å². The summed E-state index contributed by atoms with van der Waals surface area (Å²) in [6.07, 6.45) is -0.954. The van der Waals surface area contributed by atoms with Crippen LogP contribution in [-0.4, -0.2) is 11.1 Å². The van der Waals surface area contributed by atoms with Gasteiger partial charge in [0.2, 0.25) is 5.88 Å². The lowest BCUT2D eigenvalue weighted by Crippen LogP contribution is -2.28. The standard InChI is InChI=1S/C14H20F3N3O/c1-13(2)5-3-10(4-6-13)21-12-8-9(14(15,16)17)7-11(19-12)20-18/h7-8,10H,3-6,18H2,1-2H3,(H,19,20). The molecule has 21 heavy (non-hydrogen) atoms. The van der Waals surface area contributed by atoms with E-state index in [1.807, 2.05) is 0 Å². The van der Waals surface area contributed by atoms with Crippen molar-refractivity contribution >= 4 is 5.82 Å². The van der Waals surface area contributed by atoms with Crippen LogP contribution in [0.5, 0.6) is 5.88 Å². The molecule has 1 aliphatic rings. The first kappa shape index (κ1) is 15.9. The number of anilines is 1. The fourth-order valence-corrected chi connectivity index (χ4v) is 2.46. The quantitative estimate of drug-likeness (QED) is 0.660. The molecule has 0 saturated heterocycles. The molecular weight excluding hydrogens is 283 g/mol. The van der Waals surface area contributed by atoms with E-state index in [1.165, 1.54) is 0 Å². The van der Waals surface area contributed by atoms with Gasteiger partial charge in [-0.1, -0.05) is 13.8 Å². The van der Waals surface area contributed by atoms with Gasteiger partial charge in [-0.2, -0.15) is 18.2 Å². The molecule has 0 bridgehead atoms. The zero-order valence-corrected chi connectivity index (χ0v) is 12.1. The number of nitrogens with two attached hydrogens (primary N) is 1. The number of hydrazine groups is 1. The van der Waals surface area contributed by atoms with Gasteiger partial charge in [0, 0.05) is 6.07 Å². The first-order valence-electron chi connectivity index (χ1n) is 6.92. The molecule has 0 aromatic carbocycles. The van der Waals surface area contributed by atoms with Crippen LogP contribution in [-0.2, 0) is 6.18 Å². The van der Waals surface area contributed by atoms with Crippen molar-refractivity contribution < 1.29 is 17.9 Å². The zero-order chi connectivity index (χ0) is 15.7. The molecule has 1 saturated carbocycles. The Labute approximate surface area is 121 Å². The summed E-state index contributed by atoms with van der Waals surface area (Å²) in [6, 6.07) is 1.78. The number of nitrogen functional groups attached to an aromatic ring is 1. The molecule has 0 unspecified atom stereocenters. The molecule has 118 valence electrons. The molecule has 0 aliphatic heterocycles. The lowest BCUT2D eigenvalue weighted by atomic mass is 9.76. The topological polar surface area (TPSA) is 60.2 Å². The Morgan fingerprint density at radius 3 is 2.43 bits per heavy atom. The Balaban J connectivity index is 2.13. The highest BCUT2D eigenvalue weighted by molar-refractivity contribution is 5.41. The van der Waals surface area contributed by atoms with Crippen molar-refractivity contribution in [1.82, 2.24) is 4.98 Å². The van der Waals surface area contributed by atoms with Crippen LogP contribution in [0.25, 0.3) is 0 Å². The average molecular weight is 303 g/mol. The number of aromatic nitrogens is 1. The monoisotopic (exact) mass is 303 g/mol. The first-order chi connectivity index (χ1) is 9.69. The highest BCUT2D eigenvalue weighted by Gasteiger charge is 2.33. The minimum Gasteiger partial charge on any atom is -0.474 e. The Hall–Kier alpha value is -1.50. The smallest absolute Gasteiger partial charge is 0.416 e. The molecule has 1 fully saturated rings. The zero-order valence-electron chi connectivity index (χ0n) is 12.1. The summed E-state index contributed by atoms with van der Waals surface area (Å²) in [5.74, 6) is 5.07. The maximum absolute atomic E-state index is 12.8. The molecule has 7 heteroatoms. The van der Waals surface area contributed by atoms with E-state index >= 15 is 0 Å². The molecule has 4 nitrogen and oxygen atoms in total. The minimum absolute atomic E-state index is 0.0394. The van der Waals surface area contributed by atoms with Gasteiger partial charge >= 0.3 is 6.18 Å². The summed E-state index contributed by atoms with van der Waals surface area (Å²) in [5, 5.41) is 0. The molecule has 3 N–H and O–H groups in total. The fourth-order valence-electron chi connectivity index (χ4n) is 2.46. The van der Waals surface area contributed by atoms with E-state index in [-0.39, 0.29) is 23.2 Å². The third-order valence-electron chi connectivity index (χ3n) is 3.85. The Bertz CT molecular complexity index is 493. The van der Waals surface area contributed by atoms with Crippen LogP contribution in [0.2, 0.25) is 0 Å². The van der Waals surface area contributed by atoms with Gasteiger partial charge in [-0.05, 0) is 37.2 Å². The second-order valence-electron chi connectivity index (χ2n) is 6.20. The van der Waals surface area contributed by atoms with Crippen molar-refractivity contribution in [2.24, 2.45) is 11.3 Å². The molecule has 1 aliphatic carbocycles. The van der Waals surface area contributed by atoms with Crippen molar-refractivity contribution in [3.05, 3.63) is 17.7 Å². The van der Waals surface area contributed by atoms with E-state index in [4.69, 9.17) is 10.6 Å². The van der Waals surface area contributed by atoms with Gasteiger partial charge in [0.25, 0.3) is 0 Å². The number of nitrogens with one attached hydrogen (secondary N) is 1. The van der Waals surface area contributed by atoms with Crippen molar-refractivity contribution in [2.45, 2.75) is 51.8 Å². The molecule has 1 aromatic heterocycles. The molecule has 0 radical (unpaired) electrons. The normalized spacial score (nSPS) is 19.3. The summed E-state index contributed by atoms with van der Waals surface area (Å²) >= 11 is 0. The average Bonchev–Trinajstić information content (AvgIpc) is 2.40. The van der Waals surface area contributed by atoms with Gasteiger partial charge < -0.3 is 10.2 Å². The molecule has 0 atom stereocenters. The van der Waals surface area contributed by atoms with Gasteiger partial charge in [0.1, 0.15) is 11.9 Å². The first-order valence-corrected chi connectivity index (χ1v) is 6.92. The van der Waals surface area contributed by atoms with E-state index in [0.717, 1.165) is 37.8 Å². The largest absolute Gasteiger partial charge is 0.474 e. The number of hydrogen-bond acceptors (Lipinski definition) is 4. The second-order valence-corrected chi connectivity index (χ2v) is 6.20. The summed E-state index contributed by atoms with van der Waals surface area (Å²) in [4.78, 5) is 3.94. The van der Waals surface area contributed by atoms with Gasteiger partial charge in [-0.3, -0.25) is 0 Å². The number of ether oxygens (including phenoxy) is 1. The molecule has 0 spiro atoms. The van der Waals surface area contributed by atoms with Crippen molar-refractivity contribution in [1.29, 1.82) is 0 Å². The highest BCUT2D eigenvalue weighted by atomic mass is 19.4. The molecule has 2 rings (SSSR count). The number of rotatable bonds is 3. The number of pyridine rings is 1. The van der Waals surface area contributed by atoms with Crippen LogP contribution < -0.4 is 16.0 Å². The van der Waals surface area contributed by atoms with Gasteiger partial charge in [0.05, 0.1) is 5.56 Å². The van der Waals surface area contributed by atoms with Crippen LogP contribution in [0.15, 0.2) is 12.1 Å². The Kier molecular flexibility index (Phi) is 4.32. The van der Waals surface area contributed by atoms with Crippen molar-refractivity contribution in [2.75, 3.05) is 5.43 Å². The summed E-state index contributed by atoms with van der Waals surface area (Å²) in [7, 11) is 0. The van der Waals surface area contributed by atoms with Crippen LogP contribution >= 0.6 is 0 Å². The number of hydrogen-bond donors (Lipinski definition) is 2.